The number of carboxylic acid groups (broad SMARTS) is 1. The van der Waals surface area contributed by atoms with Gasteiger partial charge in [-0.3, -0.25) is 9.69 Å². The molecule has 7 heteroatoms. The fourth-order valence-corrected chi connectivity index (χ4v) is 1.53. The number of primary amides is 1. The highest BCUT2D eigenvalue weighted by atomic mass is 16.4. The number of anilines is 1. The van der Waals surface area contributed by atoms with Gasteiger partial charge in [-0.1, -0.05) is 17.7 Å². The molecule has 1 aromatic carbocycles. The number of hydrogen-bond acceptors (Lipinski definition) is 3. The summed E-state index contributed by atoms with van der Waals surface area (Å²) in [7, 11) is 1.50. The minimum atomic E-state index is -1.34. The van der Waals surface area contributed by atoms with Crippen LogP contribution in [0.3, 0.4) is 0 Å². The van der Waals surface area contributed by atoms with Crippen LogP contribution in [0.25, 0.3) is 0 Å². The number of nitrogens with zero attached hydrogens (tertiary/aromatic N) is 1. The molecule has 0 aliphatic carbocycles. The molecule has 0 unspecified atom stereocenters. The molecule has 0 heterocycles. The minimum absolute atomic E-state index is 0.456. The summed E-state index contributed by atoms with van der Waals surface area (Å²) in [5.41, 5.74) is 6.59. The molecular formula is C13H17N3O4. The largest absolute Gasteiger partial charge is 0.480 e. The van der Waals surface area contributed by atoms with Gasteiger partial charge in [0.05, 0.1) is 6.42 Å². The van der Waals surface area contributed by atoms with Gasteiger partial charge in [0.15, 0.2) is 0 Å². The summed E-state index contributed by atoms with van der Waals surface area (Å²) in [4.78, 5) is 34.9. The second-order valence-corrected chi connectivity index (χ2v) is 4.41. The van der Waals surface area contributed by atoms with Crippen molar-refractivity contribution in [3.63, 3.8) is 0 Å². The number of rotatable bonds is 5. The third kappa shape index (κ3) is 4.27. The maximum Gasteiger partial charge on any atom is 0.326 e. The second-order valence-electron chi connectivity index (χ2n) is 4.41. The SMILES string of the molecule is Cc1ccc(N(C)C(=O)N[C@@H](CC(N)=O)C(=O)O)cc1. The number of nitrogens with one attached hydrogen (secondary N) is 1. The van der Waals surface area contributed by atoms with Crippen LogP contribution in [0.5, 0.6) is 0 Å². The van der Waals surface area contributed by atoms with E-state index in [0.29, 0.717) is 5.69 Å². The number of carbonyl (C=O) groups excluding carboxylic acids is 2. The van der Waals surface area contributed by atoms with Crippen molar-refractivity contribution in [3.05, 3.63) is 29.8 Å². The Morgan fingerprint density at radius 1 is 1.30 bits per heavy atom. The number of carboxylic acids is 1. The first-order valence-corrected chi connectivity index (χ1v) is 5.93. The van der Waals surface area contributed by atoms with E-state index < -0.39 is 30.4 Å². The molecule has 0 fully saturated rings. The van der Waals surface area contributed by atoms with Gasteiger partial charge in [-0.05, 0) is 19.1 Å². The zero-order valence-electron chi connectivity index (χ0n) is 11.3. The third-order valence-electron chi connectivity index (χ3n) is 2.73. The molecule has 0 radical (unpaired) electrons. The van der Waals surface area contributed by atoms with Crippen molar-refractivity contribution in [1.29, 1.82) is 0 Å². The normalized spacial score (nSPS) is 11.5. The Bertz CT molecular complexity index is 513. The summed E-state index contributed by atoms with van der Waals surface area (Å²) in [6.07, 6.45) is -0.456. The molecule has 0 saturated heterocycles. The number of amides is 3. The van der Waals surface area contributed by atoms with E-state index in [9.17, 15) is 14.4 Å². The van der Waals surface area contributed by atoms with Crippen molar-refractivity contribution in [2.24, 2.45) is 5.73 Å². The van der Waals surface area contributed by atoms with Crippen LogP contribution in [-0.4, -0.2) is 36.1 Å². The Morgan fingerprint density at radius 2 is 1.85 bits per heavy atom. The van der Waals surface area contributed by atoms with Gasteiger partial charge in [0.1, 0.15) is 6.04 Å². The number of benzene rings is 1. The second kappa shape index (κ2) is 6.55. The van der Waals surface area contributed by atoms with Gasteiger partial charge >= 0.3 is 12.0 Å². The molecule has 0 aliphatic heterocycles. The van der Waals surface area contributed by atoms with Gasteiger partial charge in [0.25, 0.3) is 0 Å². The Balaban J connectivity index is 2.75. The molecule has 108 valence electrons. The van der Waals surface area contributed by atoms with Crippen LogP contribution >= 0.6 is 0 Å². The number of urea groups is 1. The average molecular weight is 279 g/mol. The molecule has 0 aliphatic rings. The van der Waals surface area contributed by atoms with E-state index in [1.807, 2.05) is 19.1 Å². The maximum absolute atomic E-state index is 11.9. The molecule has 0 spiro atoms. The van der Waals surface area contributed by atoms with Crippen molar-refractivity contribution in [1.82, 2.24) is 5.32 Å². The van der Waals surface area contributed by atoms with Crippen LogP contribution in [0.2, 0.25) is 0 Å². The van der Waals surface area contributed by atoms with Crippen LogP contribution in [0, 0.1) is 6.92 Å². The van der Waals surface area contributed by atoms with Crippen LogP contribution in [0.1, 0.15) is 12.0 Å². The molecule has 0 bridgehead atoms. The van der Waals surface area contributed by atoms with Crippen molar-refractivity contribution < 1.29 is 19.5 Å². The van der Waals surface area contributed by atoms with Gasteiger partial charge < -0.3 is 16.2 Å². The predicted octanol–water partition coefficient (Wildman–Crippen LogP) is 0.469. The molecule has 7 nitrogen and oxygen atoms in total. The number of nitrogens with two attached hydrogens (primary N) is 1. The molecule has 0 aromatic heterocycles. The first-order chi connectivity index (χ1) is 9.31. The summed E-state index contributed by atoms with van der Waals surface area (Å²) in [6, 6.07) is 5.17. The van der Waals surface area contributed by atoms with Crippen molar-refractivity contribution >= 4 is 23.6 Å². The monoisotopic (exact) mass is 279 g/mol. The highest BCUT2D eigenvalue weighted by Crippen LogP contribution is 2.13. The molecule has 1 rings (SSSR count). The van der Waals surface area contributed by atoms with Gasteiger partial charge in [-0.25, -0.2) is 9.59 Å². The molecule has 0 saturated carbocycles. The van der Waals surface area contributed by atoms with Crippen molar-refractivity contribution in [2.45, 2.75) is 19.4 Å². The van der Waals surface area contributed by atoms with E-state index in [2.05, 4.69) is 5.32 Å². The lowest BCUT2D eigenvalue weighted by Crippen LogP contribution is -2.48. The lowest BCUT2D eigenvalue weighted by molar-refractivity contribution is -0.140. The molecule has 1 aromatic rings. The van der Waals surface area contributed by atoms with Gasteiger partial charge in [-0.2, -0.15) is 0 Å². The third-order valence-corrected chi connectivity index (χ3v) is 2.73. The Hall–Kier alpha value is -2.57. The maximum atomic E-state index is 11.9. The number of aliphatic carboxylic acids is 1. The topological polar surface area (TPSA) is 113 Å². The summed E-state index contributed by atoms with van der Waals surface area (Å²) in [6.45, 7) is 1.91. The van der Waals surface area contributed by atoms with E-state index in [1.54, 1.807) is 12.1 Å². The van der Waals surface area contributed by atoms with Crippen molar-refractivity contribution in [2.75, 3.05) is 11.9 Å². The molecule has 4 N–H and O–H groups in total. The van der Waals surface area contributed by atoms with E-state index in [4.69, 9.17) is 10.8 Å². The van der Waals surface area contributed by atoms with Gasteiger partial charge in [0.2, 0.25) is 5.91 Å². The van der Waals surface area contributed by atoms with Crippen LogP contribution in [0.4, 0.5) is 10.5 Å². The first-order valence-electron chi connectivity index (χ1n) is 5.93. The smallest absolute Gasteiger partial charge is 0.326 e. The van der Waals surface area contributed by atoms with Crippen molar-refractivity contribution in [3.8, 4) is 0 Å². The predicted molar refractivity (Wildman–Crippen MR) is 73.3 cm³/mol. The van der Waals surface area contributed by atoms with Crippen LogP contribution in [0.15, 0.2) is 24.3 Å². The Labute approximate surface area is 116 Å². The number of aryl methyl sites for hydroxylation is 1. The lowest BCUT2D eigenvalue weighted by Gasteiger charge is -2.21. The molecule has 20 heavy (non-hydrogen) atoms. The minimum Gasteiger partial charge on any atom is -0.480 e. The van der Waals surface area contributed by atoms with Gasteiger partial charge in [-0.15, -0.1) is 0 Å². The number of hydrogen-bond donors (Lipinski definition) is 3. The zero-order valence-corrected chi connectivity index (χ0v) is 11.3. The zero-order chi connectivity index (χ0) is 15.3. The number of carbonyl (C=O) groups is 3. The quantitative estimate of drug-likeness (QED) is 0.727. The van der Waals surface area contributed by atoms with E-state index in [1.165, 1.54) is 11.9 Å². The molecule has 3 amide bonds. The first kappa shape index (κ1) is 15.5. The summed E-state index contributed by atoms with van der Waals surface area (Å²) >= 11 is 0. The van der Waals surface area contributed by atoms with Gasteiger partial charge in [0, 0.05) is 12.7 Å². The summed E-state index contributed by atoms with van der Waals surface area (Å²) in [5.74, 6) is -2.11. The fraction of sp³-hybridized carbons (Fsp3) is 0.308. The summed E-state index contributed by atoms with van der Waals surface area (Å²) in [5, 5.41) is 11.2. The standard InChI is InChI=1S/C13H17N3O4/c1-8-3-5-9(6-4-8)16(2)13(20)15-10(12(18)19)7-11(14)17/h3-6,10H,7H2,1-2H3,(H2,14,17)(H,15,20)(H,18,19)/t10-/m0/s1. The van der Waals surface area contributed by atoms with E-state index in [0.717, 1.165) is 5.56 Å². The lowest BCUT2D eigenvalue weighted by atomic mass is 10.2. The highest BCUT2D eigenvalue weighted by Gasteiger charge is 2.24. The average Bonchev–Trinajstić information content (AvgIpc) is 2.37. The Morgan fingerprint density at radius 3 is 2.30 bits per heavy atom. The van der Waals surface area contributed by atoms with Crippen LogP contribution in [-0.2, 0) is 9.59 Å². The van der Waals surface area contributed by atoms with E-state index in [-0.39, 0.29) is 0 Å². The van der Waals surface area contributed by atoms with Crippen LogP contribution < -0.4 is 16.0 Å². The highest BCUT2D eigenvalue weighted by molar-refractivity contribution is 5.95. The molecular weight excluding hydrogens is 262 g/mol. The Kier molecular flexibility index (Phi) is 5.08. The fourth-order valence-electron chi connectivity index (χ4n) is 1.53. The van der Waals surface area contributed by atoms with E-state index >= 15 is 0 Å². The molecule has 1 atom stereocenters. The summed E-state index contributed by atoms with van der Waals surface area (Å²) < 4.78 is 0.